The highest BCUT2D eigenvalue weighted by Crippen LogP contribution is 2.20. The highest BCUT2D eigenvalue weighted by atomic mass is 79.9. The zero-order valence-electron chi connectivity index (χ0n) is 10.4. The third-order valence-electron chi connectivity index (χ3n) is 2.28. The Morgan fingerprint density at radius 3 is 2.68 bits per heavy atom. The number of benzene rings is 1. The van der Waals surface area contributed by atoms with Crippen molar-refractivity contribution in [3.8, 4) is 0 Å². The predicted octanol–water partition coefficient (Wildman–Crippen LogP) is 1.43. The normalized spacial score (nSPS) is 11.3. The van der Waals surface area contributed by atoms with Crippen LogP contribution >= 0.6 is 28.1 Å². The Bertz CT molecular complexity index is 561. The lowest BCUT2D eigenvalue weighted by Crippen LogP contribution is -2.24. The van der Waals surface area contributed by atoms with E-state index >= 15 is 0 Å². The Hall–Kier alpha value is -0.700. The van der Waals surface area contributed by atoms with Crippen molar-refractivity contribution in [3.05, 3.63) is 28.2 Å². The largest absolute Gasteiger partial charge is 0.389 e. The first-order valence-electron chi connectivity index (χ1n) is 5.57. The number of nitrogens with two attached hydrogens (primary N) is 1. The van der Waals surface area contributed by atoms with Crippen LogP contribution in [0.25, 0.3) is 0 Å². The molecule has 0 aliphatic heterocycles. The molecule has 0 saturated heterocycles. The van der Waals surface area contributed by atoms with Gasteiger partial charge < -0.3 is 11.1 Å². The quantitative estimate of drug-likeness (QED) is 0.502. The van der Waals surface area contributed by atoms with Crippen LogP contribution in [-0.2, 0) is 10.0 Å². The van der Waals surface area contributed by atoms with E-state index in [1.54, 1.807) is 0 Å². The van der Waals surface area contributed by atoms with Gasteiger partial charge in [-0.3, -0.25) is 0 Å². The zero-order chi connectivity index (χ0) is 14.5. The second-order valence-electron chi connectivity index (χ2n) is 4.00. The second-order valence-corrected chi connectivity index (χ2v) is 7.19. The van der Waals surface area contributed by atoms with Crippen LogP contribution in [0.2, 0.25) is 0 Å². The van der Waals surface area contributed by atoms with Gasteiger partial charge in [0.1, 0.15) is 4.99 Å². The first-order valence-corrected chi connectivity index (χ1v) is 8.67. The number of hydrogen-bond donors (Lipinski definition) is 3. The summed E-state index contributed by atoms with van der Waals surface area (Å²) in [6, 6.07) is 5.61. The molecule has 0 aliphatic rings. The molecule has 106 valence electrons. The molecule has 0 spiro atoms. The van der Waals surface area contributed by atoms with Crippen molar-refractivity contribution in [2.45, 2.75) is 6.42 Å². The Morgan fingerprint density at radius 1 is 1.42 bits per heavy atom. The summed E-state index contributed by atoms with van der Waals surface area (Å²) in [5.74, 6) is 0. The fourth-order valence-corrected chi connectivity index (χ4v) is 2.49. The maximum Gasteiger partial charge on any atom is 0.208 e. The van der Waals surface area contributed by atoms with Crippen molar-refractivity contribution in [2.75, 3.05) is 24.7 Å². The molecule has 5 nitrogen and oxygen atoms in total. The SMILES string of the molecule is CS(=O)(=O)NCCCNc1ccc(Br)cc1C(N)=S. The number of rotatable bonds is 7. The van der Waals surface area contributed by atoms with Crippen LogP contribution in [0.1, 0.15) is 12.0 Å². The van der Waals surface area contributed by atoms with E-state index in [1.807, 2.05) is 18.2 Å². The first-order chi connectivity index (χ1) is 8.79. The molecule has 8 heteroatoms. The van der Waals surface area contributed by atoms with E-state index in [0.29, 0.717) is 24.5 Å². The van der Waals surface area contributed by atoms with E-state index < -0.39 is 10.0 Å². The summed E-state index contributed by atoms with van der Waals surface area (Å²) in [7, 11) is -3.12. The molecule has 0 radical (unpaired) electrons. The number of thiocarbonyl (C=S) groups is 1. The first kappa shape index (κ1) is 16.4. The lowest BCUT2D eigenvalue weighted by atomic mass is 10.1. The molecular weight excluding hydrogens is 350 g/mol. The van der Waals surface area contributed by atoms with Gasteiger partial charge in [0.05, 0.1) is 6.26 Å². The van der Waals surface area contributed by atoms with Gasteiger partial charge in [-0.15, -0.1) is 0 Å². The maximum absolute atomic E-state index is 10.9. The summed E-state index contributed by atoms with van der Waals surface area (Å²) in [5, 5.41) is 3.18. The smallest absolute Gasteiger partial charge is 0.208 e. The molecule has 0 amide bonds. The average Bonchev–Trinajstić information content (AvgIpc) is 2.28. The summed E-state index contributed by atoms with van der Waals surface area (Å²) in [4.78, 5) is 0.318. The summed E-state index contributed by atoms with van der Waals surface area (Å²) >= 11 is 8.34. The predicted molar refractivity (Wildman–Crippen MR) is 86.0 cm³/mol. The molecule has 0 aliphatic carbocycles. The fraction of sp³-hybridized carbons (Fsp3) is 0.364. The summed E-state index contributed by atoms with van der Waals surface area (Å²) in [6.07, 6.45) is 1.81. The monoisotopic (exact) mass is 365 g/mol. The Kier molecular flexibility index (Phi) is 6.18. The van der Waals surface area contributed by atoms with Crippen LogP contribution in [0.4, 0.5) is 5.69 Å². The lowest BCUT2D eigenvalue weighted by Gasteiger charge is -2.11. The van der Waals surface area contributed by atoms with E-state index in [0.717, 1.165) is 22.0 Å². The van der Waals surface area contributed by atoms with Gasteiger partial charge in [-0.25, -0.2) is 13.1 Å². The van der Waals surface area contributed by atoms with Crippen LogP contribution in [0.5, 0.6) is 0 Å². The molecule has 0 atom stereocenters. The standard InChI is InChI=1S/C11H16BrN3O2S2/c1-19(16,17)15-6-2-5-14-10-4-3-8(12)7-9(10)11(13)18/h3-4,7,14-15H,2,5-6H2,1H3,(H2,13,18). The van der Waals surface area contributed by atoms with Gasteiger partial charge in [-0.1, -0.05) is 28.1 Å². The molecule has 0 saturated carbocycles. The summed E-state index contributed by atoms with van der Waals surface area (Å²) < 4.78 is 25.1. The van der Waals surface area contributed by atoms with Crippen LogP contribution < -0.4 is 15.8 Å². The van der Waals surface area contributed by atoms with Crippen molar-refractivity contribution in [1.29, 1.82) is 0 Å². The Balaban J connectivity index is 2.52. The van der Waals surface area contributed by atoms with E-state index in [-0.39, 0.29) is 0 Å². The molecule has 0 heterocycles. The third-order valence-corrected chi connectivity index (χ3v) is 3.72. The fourth-order valence-electron chi connectivity index (χ4n) is 1.44. The minimum Gasteiger partial charge on any atom is -0.389 e. The number of hydrogen-bond acceptors (Lipinski definition) is 4. The zero-order valence-corrected chi connectivity index (χ0v) is 13.7. The molecular formula is C11H16BrN3O2S2. The van der Waals surface area contributed by atoms with Crippen molar-refractivity contribution in [1.82, 2.24) is 4.72 Å². The number of halogens is 1. The highest BCUT2D eigenvalue weighted by molar-refractivity contribution is 9.10. The van der Waals surface area contributed by atoms with E-state index in [2.05, 4.69) is 26.0 Å². The van der Waals surface area contributed by atoms with Gasteiger partial charge in [0, 0.05) is 28.8 Å². The third kappa shape index (κ3) is 6.33. The van der Waals surface area contributed by atoms with Crippen molar-refractivity contribution < 1.29 is 8.42 Å². The van der Waals surface area contributed by atoms with Gasteiger partial charge in [-0.05, 0) is 24.6 Å². The van der Waals surface area contributed by atoms with Gasteiger partial charge in [0.25, 0.3) is 0 Å². The van der Waals surface area contributed by atoms with Crippen LogP contribution in [-0.4, -0.2) is 32.8 Å². The minimum atomic E-state index is -3.12. The molecule has 4 N–H and O–H groups in total. The van der Waals surface area contributed by atoms with E-state index in [9.17, 15) is 8.42 Å². The molecule has 0 unspecified atom stereocenters. The average molecular weight is 366 g/mol. The molecule has 1 aromatic rings. The van der Waals surface area contributed by atoms with Gasteiger partial charge in [0.2, 0.25) is 10.0 Å². The minimum absolute atomic E-state index is 0.318. The number of sulfonamides is 1. The van der Waals surface area contributed by atoms with E-state index in [4.69, 9.17) is 18.0 Å². The van der Waals surface area contributed by atoms with Crippen LogP contribution in [0.3, 0.4) is 0 Å². The van der Waals surface area contributed by atoms with Gasteiger partial charge >= 0.3 is 0 Å². The number of nitrogens with one attached hydrogen (secondary N) is 2. The van der Waals surface area contributed by atoms with Gasteiger partial charge in [-0.2, -0.15) is 0 Å². The molecule has 19 heavy (non-hydrogen) atoms. The molecule has 0 bridgehead atoms. The van der Waals surface area contributed by atoms with Crippen LogP contribution in [0.15, 0.2) is 22.7 Å². The second kappa shape index (κ2) is 7.18. The topological polar surface area (TPSA) is 84.2 Å². The van der Waals surface area contributed by atoms with Crippen molar-refractivity contribution in [3.63, 3.8) is 0 Å². The maximum atomic E-state index is 10.9. The Morgan fingerprint density at radius 2 is 2.11 bits per heavy atom. The van der Waals surface area contributed by atoms with E-state index in [1.165, 1.54) is 0 Å². The lowest BCUT2D eigenvalue weighted by molar-refractivity contribution is 0.586. The van der Waals surface area contributed by atoms with Crippen molar-refractivity contribution >= 4 is 48.8 Å². The highest BCUT2D eigenvalue weighted by Gasteiger charge is 2.05. The molecule has 1 rings (SSSR count). The Labute approximate surface area is 127 Å². The molecule has 1 aromatic carbocycles. The van der Waals surface area contributed by atoms with Crippen LogP contribution in [0, 0.1) is 0 Å². The summed E-state index contributed by atoms with van der Waals surface area (Å²) in [6.45, 7) is 1.02. The summed E-state index contributed by atoms with van der Waals surface area (Å²) in [5.41, 5.74) is 7.26. The molecule has 0 aromatic heterocycles. The van der Waals surface area contributed by atoms with Crippen molar-refractivity contribution in [2.24, 2.45) is 5.73 Å². The van der Waals surface area contributed by atoms with Gasteiger partial charge in [0.15, 0.2) is 0 Å². The molecule has 0 fully saturated rings. The number of anilines is 1.